The quantitative estimate of drug-likeness (QED) is 0.678. The van der Waals surface area contributed by atoms with Gasteiger partial charge in [-0.2, -0.15) is 0 Å². The molecule has 0 spiro atoms. The highest BCUT2D eigenvalue weighted by Crippen LogP contribution is 2.22. The molecule has 1 aromatic heterocycles. The number of fused-ring (bicyclic) bond motifs is 1. The standard InChI is InChI=1S/C12H15N/c1-8(2)10-4-5-12-11(6-10)9(3)7-13-12/h4-8,13H,1-3H3. The third-order valence-electron chi connectivity index (χ3n) is 2.58. The van der Waals surface area contributed by atoms with Gasteiger partial charge in [0.2, 0.25) is 0 Å². The zero-order valence-electron chi connectivity index (χ0n) is 8.39. The van der Waals surface area contributed by atoms with Gasteiger partial charge >= 0.3 is 0 Å². The molecule has 0 bridgehead atoms. The summed E-state index contributed by atoms with van der Waals surface area (Å²) in [5, 5.41) is 1.35. The third-order valence-corrected chi connectivity index (χ3v) is 2.58. The first-order valence-electron chi connectivity index (χ1n) is 4.76. The Kier molecular flexibility index (Phi) is 1.87. The van der Waals surface area contributed by atoms with Gasteiger partial charge in [-0.25, -0.2) is 0 Å². The molecule has 0 unspecified atom stereocenters. The van der Waals surface area contributed by atoms with Crippen LogP contribution in [0.2, 0.25) is 0 Å². The molecule has 1 N–H and O–H groups in total. The van der Waals surface area contributed by atoms with Crippen molar-refractivity contribution >= 4 is 10.9 Å². The molecule has 0 radical (unpaired) electrons. The number of hydrogen-bond donors (Lipinski definition) is 1. The molecule has 68 valence electrons. The zero-order valence-corrected chi connectivity index (χ0v) is 8.39. The molecule has 0 saturated heterocycles. The minimum absolute atomic E-state index is 0.610. The number of H-pyrrole nitrogens is 1. The van der Waals surface area contributed by atoms with Gasteiger partial charge in [0, 0.05) is 17.1 Å². The summed E-state index contributed by atoms with van der Waals surface area (Å²) in [7, 11) is 0. The fourth-order valence-corrected chi connectivity index (χ4v) is 1.64. The molecule has 2 rings (SSSR count). The van der Waals surface area contributed by atoms with Crippen molar-refractivity contribution in [2.45, 2.75) is 26.7 Å². The predicted molar refractivity (Wildman–Crippen MR) is 57.1 cm³/mol. The first kappa shape index (κ1) is 8.36. The van der Waals surface area contributed by atoms with E-state index in [0.29, 0.717) is 5.92 Å². The number of aromatic nitrogens is 1. The summed E-state index contributed by atoms with van der Waals surface area (Å²) in [4.78, 5) is 3.25. The van der Waals surface area contributed by atoms with Crippen LogP contribution in [-0.2, 0) is 0 Å². The first-order chi connectivity index (χ1) is 6.18. The van der Waals surface area contributed by atoms with Crippen molar-refractivity contribution in [2.75, 3.05) is 0 Å². The van der Waals surface area contributed by atoms with Crippen LogP contribution in [0.25, 0.3) is 10.9 Å². The highest BCUT2D eigenvalue weighted by Gasteiger charge is 2.03. The van der Waals surface area contributed by atoms with E-state index >= 15 is 0 Å². The molecule has 1 heterocycles. The van der Waals surface area contributed by atoms with Gasteiger partial charge in [-0.3, -0.25) is 0 Å². The highest BCUT2D eigenvalue weighted by atomic mass is 14.7. The number of nitrogens with one attached hydrogen (secondary N) is 1. The first-order valence-corrected chi connectivity index (χ1v) is 4.76. The van der Waals surface area contributed by atoms with E-state index in [4.69, 9.17) is 0 Å². The molecule has 0 aliphatic heterocycles. The van der Waals surface area contributed by atoms with Gasteiger partial charge in [0.25, 0.3) is 0 Å². The molecule has 0 aliphatic rings. The Bertz CT molecular complexity index is 424. The van der Waals surface area contributed by atoms with Crippen molar-refractivity contribution in [3.63, 3.8) is 0 Å². The van der Waals surface area contributed by atoms with E-state index in [-0.39, 0.29) is 0 Å². The van der Waals surface area contributed by atoms with E-state index in [2.05, 4.69) is 50.2 Å². The molecule has 2 aromatic rings. The van der Waals surface area contributed by atoms with Gasteiger partial charge in [-0.1, -0.05) is 19.9 Å². The second-order valence-electron chi connectivity index (χ2n) is 3.93. The minimum atomic E-state index is 0.610. The third kappa shape index (κ3) is 1.35. The monoisotopic (exact) mass is 173 g/mol. The lowest BCUT2D eigenvalue weighted by molar-refractivity contribution is 0.868. The summed E-state index contributed by atoms with van der Waals surface area (Å²) in [6.07, 6.45) is 2.06. The summed E-state index contributed by atoms with van der Waals surface area (Å²) >= 11 is 0. The van der Waals surface area contributed by atoms with E-state index < -0.39 is 0 Å². The number of rotatable bonds is 1. The average molecular weight is 173 g/mol. The van der Waals surface area contributed by atoms with Crippen molar-refractivity contribution in [3.8, 4) is 0 Å². The molecule has 13 heavy (non-hydrogen) atoms. The molecule has 1 aromatic carbocycles. The van der Waals surface area contributed by atoms with Crippen molar-refractivity contribution in [3.05, 3.63) is 35.5 Å². The average Bonchev–Trinajstić information content (AvgIpc) is 2.47. The van der Waals surface area contributed by atoms with Gasteiger partial charge in [-0.05, 0) is 36.1 Å². The lowest BCUT2D eigenvalue weighted by Crippen LogP contribution is -1.85. The van der Waals surface area contributed by atoms with E-state index in [1.807, 2.05) is 0 Å². The van der Waals surface area contributed by atoms with E-state index in [1.165, 1.54) is 22.0 Å². The normalized spacial score (nSPS) is 11.4. The Hall–Kier alpha value is -1.24. The Labute approximate surface area is 78.8 Å². The largest absolute Gasteiger partial charge is 0.361 e. The van der Waals surface area contributed by atoms with Crippen molar-refractivity contribution in [1.82, 2.24) is 4.98 Å². The van der Waals surface area contributed by atoms with Crippen molar-refractivity contribution < 1.29 is 0 Å². The number of benzene rings is 1. The van der Waals surface area contributed by atoms with Crippen LogP contribution >= 0.6 is 0 Å². The SMILES string of the molecule is Cc1c[nH]c2ccc(C(C)C)cc12. The van der Waals surface area contributed by atoms with Crippen LogP contribution in [0.5, 0.6) is 0 Å². The fraction of sp³-hybridized carbons (Fsp3) is 0.333. The minimum Gasteiger partial charge on any atom is -0.361 e. The lowest BCUT2D eigenvalue weighted by Gasteiger charge is -2.04. The summed E-state index contributed by atoms with van der Waals surface area (Å²) < 4.78 is 0. The van der Waals surface area contributed by atoms with E-state index in [1.54, 1.807) is 0 Å². The van der Waals surface area contributed by atoms with Crippen LogP contribution in [0.3, 0.4) is 0 Å². The molecule has 0 amide bonds. The molecule has 0 atom stereocenters. The molecule has 0 saturated carbocycles. The van der Waals surface area contributed by atoms with Crippen molar-refractivity contribution in [2.24, 2.45) is 0 Å². The Morgan fingerprint density at radius 1 is 1.23 bits per heavy atom. The molecular weight excluding hydrogens is 158 g/mol. The van der Waals surface area contributed by atoms with Crippen LogP contribution < -0.4 is 0 Å². The lowest BCUT2D eigenvalue weighted by atomic mass is 10.0. The maximum absolute atomic E-state index is 3.25. The van der Waals surface area contributed by atoms with Gasteiger partial charge in [0.15, 0.2) is 0 Å². The van der Waals surface area contributed by atoms with Crippen LogP contribution in [0.1, 0.15) is 30.9 Å². The molecule has 0 aliphatic carbocycles. The van der Waals surface area contributed by atoms with Crippen LogP contribution in [-0.4, -0.2) is 4.98 Å². The van der Waals surface area contributed by atoms with Crippen LogP contribution in [0.4, 0.5) is 0 Å². The van der Waals surface area contributed by atoms with Gasteiger partial charge in [0.05, 0.1) is 0 Å². The Morgan fingerprint density at radius 2 is 2.00 bits per heavy atom. The van der Waals surface area contributed by atoms with Crippen LogP contribution in [0.15, 0.2) is 24.4 Å². The maximum Gasteiger partial charge on any atom is 0.0456 e. The Morgan fingerprint density at radius 3 is 2.69 bits per heavy atom. The summed E-state index contributed by atoms with van der Waals surface area (Å²) in [5.41, 5.74) is 3.98. The Balaban J connectivity index is 2.66. The highest BCUT2D eigenvalue weighted by molar-refractivity contribution is 5.83. The number of aryl methyl sites for hydroxylation is 1. The summed E-state index contributed by atoms with van der Waals surface area (Å²) in [5.74, 6) is 0.610. The molecule has 1 nitrogen and oxygen atoms in total. The smallest absolute Gasteiger partial charge is 0.0456 e. The van der Waals surface area contributed by atoms with Gasteiger partial charge < -0.3 is 4.98 Å². The summed E-state index contributed by atoms with van der Waals surface area (Å²) in [6, 6.07) is 6.65. The fourth-order valence-electron chi connectivity index (χ4n) is 1.64. The second kappa shape index (κ2) is 2.91. The zero-order chi connectivity index (χ0) is 9.42. The topological polar surface area (TPSA) is 15.8 Å². The van der Waals surface area contributed by atoms with E-state index in [0.717, 1.165) is 0 Å². The maximum atomic E-state index is 3.25. The van der Waals surface area contributed by atoms with Gasteiger partial charge in [0.1, 0.15) is 0 Å². The second-order valence-corrected chi connectivity index (χ2v) is 3.93. The number of hydrogen-bond acceptors (Lipinski definition) is 0. The van der Waals surface area contributed by atoms with Crippen molar-refractivity contribution in [1.29, 1.82) is 0 Å². The van der Waals surface area contributed by atoms with Gasteiger partial charge in [-0.15, -0.1) is 0 Å². The molecular formula is C12H15N. The number of aromatic amines is 1. The molecule has 0 fully saturated rings. The predicted octanol–water partition coefficient (Wildman–Crippen LogP) is 3.60. The van der Waals surface area contributed by atoms with Crippen LogP contribution in [0, 0.1) is 6.92 Å². The van der Waals surface area contributed by atoms with E-state index in [9.17, 15) is 0 Å². The molecule has 1 heteroatoms. The summed E-state index contributed by atoms with van der Waals surface area (Å²) in [6.45, 7) is 6.59.